The van der Waals surface area contributed by atoms with E-state index in [1.165, 1.54) is 6.21 Å². The summed E-state index contributed by atoms with van der Waals surface area (Å²) in [6.45, 7) is 0.359. The van der Waals surface area contributed by atoms with Crippen LogP contribution in [-0.4, -0.2) is 13.3 Å². The van der Waals surface area contributed by atoms with Crippen LogP contribution in [-0.2, 0) is 6.54 Å². The van der Waals surface area contributed by atoms with Gasteiger partial charge in [-0.3, -0.25) is 9.59 Å². The van der Waals surface area contributed by atoms with Gasteiger partial charge in [0.2, 0.25) is 0 Å². The number of benzene rings is 1. The first kappa shape index (κ1) is 13.0. The van der Waals surface area contributed by atoms with Gasteiger partial charge in [0, 0.05) is 31.1 Å². The van der Waals surface area contributed by atoms with Crippen molar-refractivity contribution in [3.63, 3.8) is 0 Å². The molecule has 0 fully saturated rings. The fourth-order valence-corrected chi connectivity index (χ4v) is 1.85. The van der Waals surface area contributed by atoms with E-state index in [-0.39, 0.29) is 11.4 Å². The fraction of sp³-hybridized carbons (Fsp3) is 0.154. The van der Waals surface area contributed by atoms with E-state index in [0.717, 1.165) is 5.56 Å². The van der Waals surface area contributed by atoms with Gasteiger partial charge in [0.05, 0.1) is 0 Å². The third-order valence-electron chi connectivity index (χ3n) is 2.93. The number of rotatable bonds is 5. The van der Waals surface area contributed by atoms with E-state index in [4.69, 9.17) is 11.1 Å². The first-order valence-electron chi connectivity index (χ1n) is 5.74. The third-order valence-corrected chi connectivity index (χ3v) is 2.93. The summed E-state index contributed by atoms with van der Waals surface area (Å²) in [5, 5.41) is 12.9. The maximum absolute atomic E-state index is 11.5. The molecule has 0 aliphatic rings. The molecule has 2 rings (SSSR count). The van der Waals surface area contributed by atoms with Gasteiger partial charge in [0.25, 0.3) is 10.9 Å². The Bertz CT molecular complexity index is 699. The Morgan fingerprint density at radius 3 is 2.53 bits per heavy atom. The van der Waals surface area contributed by atoms with Crippen molar-refractivity contribution in [2.45, 2.75) is 6.54 Å². The molecule has 0 aliphatic carbocycles. The molecule has 6 heteroatoms. The van der Waals surface area contributed by atoms with Crippen molar-refractivity contribution in [3.8, 4) is 0 Å². The topological polar surface area (TPSA) is 108 Å². The van der Waals surface area contributed by atoms with Crippen LogP contribution in [0.5, 0.6) is 0 Å². The van der Waals surface area contributed by atoms with Crippen molar-refractivity contribution in [1.82, 2.24) is 0 Å². The summed E-state index contributed by atoms with van der Waals surface area (Å²) in [6.07, 6.45) is 1.17. The number of hydrogen-bond donors (Lipinski definition) is 4. The van der Waals surface area contributed by atoms with Crippen LogP contribution in [0, 0.1) is 5.41 Å². The highest BCUT2D eigenvalue weighted by molar-refractivity contribution is 5.90. The predicted octanol–water partition coefficient (Wildman–Crippen LogP) is 0.524. The van der Waals surface area contributed by atoms with Gasteiger partial charge in [0.1, 0.15) is 11.4 Å². The van der Waals surface area contributed by atoms with Crippen LogP contribution in [0.4, 0.5) is 17.1 Å². The van der Waals surface area contributed by atoms with Gasteiger partial charge in [-0.05, 0) is 11.6 Å². The summed E-state index contributed by atoms with van der Waals surface area (Å²) in [7, 11) is 1.58. The Balaban J connectivity index is 2.43. The normalized spacial score (nSPS) is 10.4. The Hall–Kier alpha value is -2.47. The first-order valence-corrected chi connectivity index (χ1v) is 5.74. The molecule has 0 bridgehead atoms. The zero-order chi connectivity index (χ0) is 14.0. The summed E-state index contributed by atoms with van der Waals surface area (Å²) in [5.74, 6) is 0. The van der Waals surface area contributed by atoms with Crippen molar-refractivity contribution >= 4 is 23.3 Å². The Morgan fingerprint density at radius 2 is 1.95 bits per heavy atom. The lowest BCUT2D eigenvalue weighted by Crippen LogP contribution is -2.36. The van der Waals surface area contributed by atoms with Gasteiger partial charge in [0.15, 0.2) is 0 Å². The zero-order valence-electron chi connectivity index (χ0n) is 10.4. The average Bonchev–Trinajstić information content (AvgIpc) is 2.46. The highest BCUT2D eigenvalue weighted by Gasteiger charge is 2.20. The molecule has 19 heavy (non-hydrogen) atoms. The smallest absolute Gasteiger partial charge is 0.253 e. The summed E-state index contributed by atoms with van der Waals surface area (Å²) < 4.78 is 0. The number of nitrogens with two attached hydrogens (primary N) is 1. The maximum Gasteiger partial charge on any atom is 0.253 e. The number of nitrogens with one attached hydrogen (secondary N) is 3. The van der Waals surface area contributed by atoms with Gasteiger partial charge < -0.3 is 21.8 Å². The molecule has 0 radical (unpaired) electrons. The molecule has 0 amide bonds. The molecule has 0 saturated carbocycles. The molecule has 0 aliphatic heterocycles. The summed E-state index contributed by atoms with van der Waals surface area (Å²) >= 11 is 0. The molecule has 2 aromatic rings. The molecule has 2 aromatic carbocycles. The van der Waals surface area contributed by atoms with Crippen LogP contribution in [0.3, 0.4) is 0 Å². The van der Waals surface area contributed by atoms with Gasteiger partial charge in [-0.25, -0.2) is 0 Å². The van der Waals surface area contributed by atoms with E-state index in [1.54, 1.807) is 19.2 Å². The van der Waals surface area contributed by atoms with E-state index in [0.29, 0.717) is 17.8 Å². The van der Waals surface area contributed by atoms with Crippen LogP contribution < -0.4 is 27.2 Å². The van der Waals surface area contributed by atoms with Crippen LogP contribution >= 0.6 is 0 Å². The summed E-state index contributed by atoms with van der Waals surface area (Å²) in [4.78, 5) is 22.8. The third kappa shape index (κ3) is 2.13. The second-order valence-electron chi connectivity index (χ2n) is 4.05. The molecule has 0 spiro atoms. The molecule has 5 N–H and O–H groups in total. The minimum absolute atomic E-state index is 0.227. The second kappa shape index (κ2) is 5.03. The SMILES string of the molecule is CNc1c(Nc2cc(CN)ccc2C=N)c(=O)c1=O. The quantitative estimate of drug-likeness (QED) is 0.462. The standard InChI is InChI=1S/C13H14N4O2/c1-16-10-11(13(19)12(10)18)17-9-4-7(5-14)2-3-8(9)6-15/h2-4,6,15-17H,5,14H2,1H3. The predicted molar refractivity (Wildman–Crippen MR) is 76.4 cm³/mol. The molecule has 0 atom stereocenters. The van der Waals surface area contributed by atoms with Crippen molar-refractivity contribution in [3.05, 3.63) is 49.8 Å². The van der Waals surface area contributed by atoms with E-state index in [9.17, 15) is 9.59 Å². The van der Waals surface area contributed by atoms with Crippen molar-refractivity contribution in [1.29, 1.82) is 5.41 Å². The fourth-order valence-electron chi connectivity index (χ4n) is 1.85. The van der Waals surface area contributed by atoms with E-state index < -0.39 is 10.9 Å². The van der Waals surface area contributed by atoms with Gasteiger partial charge in [-0.1, -0.05) is 12.1 Å². The molecule has 0 heterocycles. The average molecular weight is 258 g/mol. The number of hydrogen-bond acceptors (Lipinski definition) is 6. The molecule has 0 saturated heterocycles. The maximum atomic E-state index is 11.5. The summed E-state index contributed by atoms with van der Waals surface area (Å²) in [6, 6.07) is 5.31. The Labute approximate surface area is 109 Å². The van der Waals surface area contributed by atoms with Gasteiger partial charge in [-0.2, -0.15) is 0 Å². The number of anilines is 3. The van der Waals surface area contributed by atoms with E-state index in [1.807, 2.05) is 6.07 Å². The van der Waals surface area contributed by atoms with Gasteiger partial charge in [-0.15, -0.1) is 0 Å². The highest BCUT2D eigenvalue weighted by Crippen LogP contribution is 2.23. The molecular weight excluding hydrogens is 244 g/mol. The second-order valence-corrected chi connectivity index (χ2v) is 4.05. The lowest BCUT2D eigenvalue weighted by Gasteiger charge is -2.15. The highest BCUT2D eigenvalue weighted by atomic mass is 16.2. The lowest BCUT2D eigenvalue weighted by atomic mass is 10.1. The Morgan fingerprint density at radius 1 is 1.26 bits per heavy atom. The van der Waals surface area contributed by atoms with E-state index >= 15 is 0 Å². The van der Waals surface area contributed by atoms with Crippen molar-refractivity contribution in [2.75, 3.05) is 17.7 Å². The molecule has 0 aromatic heterocycles. The lowest BCUT2D eigenvalue weighted by molar-refractivity contribution is 1.07. The van der Waals surface area contributed by atoms with E-state index in [2.05, 4.69) is 10.6 Å². The van der Waals surface area contributed by atoms with Crippen LogP contribution in [0.1, 0.15) is 11.1 Å². The Kier molecular flexibility index (Phi) is 3.43. The largest absolute Gasteiger partial charge is 0.383 e. The van der Waals surface area contributed by atoms with Crippen LogP contribution in [0.25, 0.3) is 0 Å². The minimum atomic E-state index is -0.557. The molecule has 0 unspecified atom stereocenters. The molecular formula is C13H14N4O2. The first-order chi connectivity index (χ1) is 9.12. The summed E-state index contributed by atoms with van der Waals surface area (Å²) in [5.41, 5.74) is 7.04. The van der Waals surface area contributed by atoms with Crippen molar-refractivity contribution in [2.24, 2.45) is 5.73 Å². The van der Waals surface area contributed by atoms with Crippen LogP contribution in [0.15, 0.2) is 27.8 Å². The van der Waals surface area contributed by atoms with Crippen LogP contribution in [0.2, 0.25) is 0 Å². The van der Waals surface area contributed by atoms with Gasteiger partial charge >= 0.3 is 0 Å². The molecule has 98 valence electrons. The monoisotopic (exact) mass is 258 g/mol. The zero-order valence-corrected chi connectivity index (χ0v) is 10.4. The minimum Gasteiger partial charge on any atom is -0.383 e. The van der Waals surface area contributed by atoms with Crippen molar-refractivity contribution < 1.29 is 0 Å². The molecule has 6 nitrogen and oxygen atoms in total.